The number of hydrogen-bond donors (Lipinski definition) is 1. The van der Waals surface area contributed by atoms with Crippen LogP contribution in [0.25, 0.3) is 11.0 Å². The predicted molar refractivity (Wildman–Crippen MR) is 130 cm³/mol. The zero-order valence-electron chi connectivity index (χ0n) is 19.0. The molecule has 0 saturated carbocycles. The van der Waals surface area contributed by atoms with Crippen molar-refractivity contribution in [3.05, 3.63) is 84.2 Å². The minimum absolute atomic E-state index is 0.180. The summed E-state index contributed by atoms with van der Waals surface area (Å²) in [5.41, 5.74) is 3.98. The van der Waals surface area contributed by atoms with Gasteiger partial charge in [0.15, 0.2) is 11.5 Å². The molecule has 0 aliphatic carbocycles. The molecule has 0 saturated heterocycles. The standard InChI is InChI=1S/C27H26N4O3/c1-18(19-7-3-2-4-8-19)30-13-14-31-22-12-11-20(15-21(22)29-26(31)16-30)28-27(32)25-17-33-23-9-5-6-10-24(23)34-25/h2-12,15,18,25H,13-14,16-17H2,1H3,(H,28,32). The number of ether oxygens (including phenoxy) is 2. The molecule has 6 rings (SSSR count). The van der Waals surface area contributed by atoms with E-state index >= 15 is 0 Å². The number of anilines is 1. The van der Waals surface area contributed by atoms with Crippen molar-refractivity contribution in [3.63, 3.8) is 0 Å². The number of amides is 1. The number of benzene rings is 3. The first-order chi connectivity index (χ1) is 16.7. The van der Waals surface area contributed by atoms with Crippen LogP contribution in [0, 0.1) is 0 Å². The van der Waals surface area contributed by atoms with Crippen molar-refractivity contribution in [1.29, 1.82) is 0 Å². The molecule has 2 unspecified atom stereocenters. The molecule has 0 spiro atoms. The van der Waals surface area contributed by atoms with Gasteiger partial charge in [0.05, 0.1) is 17.6 Å². The number of carbonyl (C=O) groups excluding carboxylic acids is 1. The van der Waals surface area contributed by atoms with Crippen molar-refractivity contribution in [2.24, 2.45) is 0 Å². The Balaban J connectivity index is 1.18. The Morgan fingerprint density at radius 1 is 1.03 bits per heavy atom. The Hall–Kier alpha value is -3.84. The summed E-state index contributed by atoms with van der Waals surface area (Å²) < 4.78 is 13.8. The van der Waals surface area contributed by atoms with Crippen molar-refractivity contribution in [1.82, 2.24) is 14.5 Å². The molecule has 2 atom stereocenters. The number of aromatic nitrogens is 2. The van der Waals surface area contributed by atoms with Crippen LogP contribution in [-0.2, 0) is 17.9 Å². The second-order valence-electron chi connectivity index (χ2n) is 8.79. The Bertz CT molecular complexity index is 1350. The molecule has 34 heavy (non-hydrogen) atoms. The van der Waals surface area contributed by atoms with Gasteiger partial charge in [-0.05, 0) is 42.8 Å². The molecular weight excluding hydrogens is 428 g/mol. The van der Waals surface area contributed by atoms with Crippen molar-refractivity contribution >= 4 is 22.6 Å². The fourth-order valence-electron chi connectivity index (χ4n) is 4.76. The number of hydrogen-bond acceptors (Lipinski definition) is 5. The first-order valence-electron chi connectivity index (χ1n) is 11.6. The highest BCUT2D eigenvalue weighted by molar-refractivity contribution is 5.96. The lowest BCUT2D eigenvalue weighted by Gasteiger charge is -2.33. The summed E-state index contributed by atoms with van der Waals surface area (Å²) in [6, 6.07) is 24.2. The second-order valence-corrected chi connectivity index (χ2v) is 8.79. The molecule has 172 valence electrons. The molecule has 0 fully saturated rings. The van der Waals surface area contributed by atoms with E-state index in [0.29, 0.717) is 23.2 Å². The zero-order chi connectivity index (χ0) is 23.1. The summed E-state index contributed by atoms with van der Waals surface area (Å²) in [7, 11) is 0. The third-order valence-electron chi connectivity index (χ3n) is 6.68. The number of nitrogens with zero attached hydrogens (tertiary/aromatic N) is 3. The number of rotatable bonds is 4. The zero-order valence-corrected chi connectivity index (χ0v) is 19.0. The van der Waals surface area contributed by atoms with E-state index in [0.717, 1.165) is 36.5 Å². The summed E-state index contributed by atoms with van der Waals surface area (Å²) in [4.78, 5) is 20.2. The molecule has 1 amide bonds. The maximum absolute atomic E-state index is 12.8. The van der Waals surface area contributed by atoms with Crippen LogP contribution in [-0.4, -0.2) is 39.6 Å². The van der Waals surface area contributed by atoms with Gasteiger partial charge in [0, 0.05) is 24.8 Å². The minimum Gasteiger partial charge on any atom is -0.485 e. The Kier molecular flexibility index (Phi) is 5.19. The van der Waals surface area contributed by atoms with Gasteiger partial charge in [-0.2, -0.15) is 0 Å². The monoisotopic (exact) mass is 454 g/mol. The summed E-state index contributed by atoms with van der Waals surface area (Å²) in [5.74, 6) is 2.06. The molecule has 2 aliphatic rings. The largest absolute Gasteiger partial charge is 0.485 e. The molecule has 2 aliphatic heterocycles. The second kappa shape index (κ2) is 8.50. The molecule has 3 aromatic carbocycles. The molecule has 3 heterocycles. The van der Waals surface area contributed by atoms with Gasteiger partial charge in [0.2, 0.25) is 6.10 Å². The Labute approximate surface area is 197 Å². The highest BCUT2D eigenvalue weighted by Gasteiger charge is 2.28. The quantitative estimate of drug-likeness (QED) is 0.495. The van der Waals surface area contributed by atoms with Crippen LogP contribution in [0.4, 0.5) is 5.69 Å². The van der Waals surface area contributed by atoms with Gasteiger partial charge in [-0.25, -0.2) is 4.98 Å². The van der Waals surface area contributed by atoms with Crippen LogP contribution in [0.15, 0.2) is 72.8 Å². The molecule has 1 aromatic heterocycles. The number of nitrogens with one attached hydrogen (secondary N) is 1. The van der Waals surface area contributed by atoms with Gasteiger partial charge >= 0.3 is 0 Å². The van der Waals surface area contributed by atoms with Crippen LogP contribution in [0.1, 0.15) is 24.4 Å². The van der Waals surface area contributed by atoms with E-state index in [4.69, 9.17) is 14.5 Å². The third-order valence-corrected chi connectivity index (χ3v) is 6.68. The highest BCUT2D eigenvalue weighted by atomic mass is 16.6. The smallest absolute Gasteiger partial charge is 0.269 e. The number of para-hydroxylation sites is 2. The van der Waals surface area contributed by atoms with Gasteiger partial charge in [-0.3, -0.25) is 9.69 Å². The van der Waals surface area contributed by atoms with Crippen LogP contribution in [0.2, 0.25) is 0 Å². The molecule has 4 aromatic rings. The van der Waals surface area contributed by atoms with Gasteiger partial charge in [0.25, 0.3) is 5.91 Å². The fraction of sp³-hybridized carbons (Fsp3) is 0.259. The molecule has 0 radical (unpaired) electrons. The van der Waals surface area contributed by atoms with Crippen molar-refractivity contribution < 1.29 is 14.3 Å². The Morgan fingerprint density at radius 2 is 1.82 bits per heavy atom. The molecule has 7 nitrogen and oxygen atoms in total. The fourth-order valence-corrected chi connectivity index (χ4v) is 4.76. The maximum Gasteiger partial charge on any atom is 0.269 e. The molecule has 1 N–H and O–H groups in total. The van der Waals surface area contributed by atoms with E-state index in [9.17, 15) is 4.79 Å². The van der Waals surface area contributed by atoms with E-state index in [2.05, 4.69) is 52.0 Å². The average molecular weight is 455 g/mol. The van der Waals surface area contributed by atoms with Gasteiger partial charge < -0.3 is 19.4 Å². The first kappa shape index (κ1) is 20.7. The number of carbonyl (C=O) groups is 1. The highest BCUT2D eigenvalue weighted by Crippen LogP contribution is 2.32. The van der Waals surface area contributed by atoms with Crippen molar-refractivity contribution in [2.45, 2.75) is 32.2 Å². The van der Waals surface area contributed by atoms with E-state index in [-0.39, 0.29) is 12.5 Å². The topological polar surface area (TPSA) is 68.6 Å². The summed E-state index contributed by atoms with van der Waals surface area (Å²) >= 11 is 0. The van der Waals surface area contributed by atoms with Gasteiger partial charge in [-0.1, -0.05) is 42.5 Å². The van der Waals surface area contributed by atoms with E-state index < -0.39 is 6.10 Å². The van der Waals surface area contributed by atoms with Crippen LogP contribution in [0.5, 0.6) is 11.5 Å². The van der Waals surface area contributed by atoms with Gasteiger partial charge in [0.1, 0.15) is 12.4 Å². The SMILES string of the molecule is CC(c1ccccc1)N1CCn2c(nc3cc(NC(=O)C4COc5ccccc5O4)ccc32)C1. The molecular formula is C27H26N4O3. The first-order valence-corrected chi connectivity index (χ1v) is 11.6. The summed E-state index contributed by atoms with van der Waals surface area (Å²) in [6.45, 7) is 5.07. The Morgan fingerprint density at radius 3 is 2.68 bits per heavy atom. The van der Waals surface area contributed by atoms with Crippen molar-refractivity contribution in [3.8, 4) is 11.5 Å². The van der Waals surface area contributed by atoms with E-state index in [1.54, 1.807) is 6.07 Å². The van der Waals surface area contributed by atoms with Crippen LogP contribution < -0.4 is 14.8 Å². The minimum atomic E-state index is -0.700. The van der Waals surface area contributed by atoms with E-state index in [1.807, 2.05) is 36.4 Å². The number of imidazole rings is 1. The lowest BCUT2D eigenvalue weighted by molar-refractivity contribution is -0.125. The summed E-state index contributed by atoms with van der Waals surface area (Å²) in [5, 5.41) is 2.96. The van der Waals surface area contributed by atoms with Crippen molar-refractivity contribution in [2.75, 3.05) is 18.5 Å². The van der Waals surface area contributed by atoms with Gasteiger partial charge in [-0.15, -0.1) is 0 Å². The summed E-state index contributed by atoms with van der Waals surface area (Å²) in [6.07, 6.45) is -0.700. The molecule has 7 heteroatoms. The van der Waals surface area contributed by atoms with E-state index in [1.165, 1.54) is 5.56 Å². The van der Waals surface area contributed by atoms with Crippen LogP contribution in [0.3, 0.4) is 0 Å². The predicted octanol–water partition coefficient (Wildman–Crippen LogP) is 4.39. The molecule has 0 bridgehead atoms. The normalized spacial score (nSPS) is 18.3. The lowest BCUT2D eigenvalue weighted by atomic mass is 10.1. The average Bonchev–Trinajstić information content (AvgIpc) is 3.25. The van der Waals surface area contributed by atoms with Crippen LogP contribution >= 0.6 is 0 Å². The maximum atomic E-state index is 12.8. The lowest BCUT2D eigenvalue weighted by Crippen LogP contribution is -2.40. The third kappa shape index (κ3) is 3.78. The number of fused-ring (bicyclic) bond motifs is 4.